The maximum Gasteiger partial charge on any atom is 0.0399 e. The Hall–Kier alpha value is -1.51. The lowest BCUT2D eigenvalue weighted by Gasteiger charge is -2.31. The number of hydrogen-bond donors (Lipinski definition) is 1. The molecule has 134 valence electrons. The number of halogens is 1. The highest BCUT2D eigenvalue weighted by Gasteiger charge is 2.17. The summed E-state index contributed by atoms with van der Waals surface area (Å²) in [6.07, 6.45) is 3.25. The number of hydrogen-bond acceptors (Lipinski definition) is 2. The van der Waals surface area contributed by atoms with Gasteiger partial charge in [0.15, 0.2) is 0 Å². The Morgan fingerprint density at radius 2 is 1.84 bits per heavy atom. The van der Waals surface area contributed by atoms with Crippen LogP contribution in [-0.4, -0.2) is 32.1 Å². The van der Waals surface area contributed by atoms with Crippen LogP contribution in [0.3, 0.4) is 0 Å². The number of benzene rings is 2. The molecule has 1 N–H and O–H groups in total. The van der Waals surface area contributed by atoms with E-state index in [-0.39, 0.29) is 0 Å². The summed E-state index contributed by atoms with van der Waals surface area (Å²) in [5.41, 5.74) is 5.64. The van der Waals surface area contributed by atoms with Crippen molar-refractivity contribution in [1.29, 1.82) is 0 Å². The van der Waals surface area contributed by atoms with Gasteiger partial charge in [-0.15, -0.1) is 11.6 Å². The van der Waals surface area contributed by atoms with E-state index in [1.165, 1.54) is 22.4 Å². The smallest absolute Gasteiger partial charge is 0.0399 e. The number of anilines is 1. The van der Waals surface area contributed by atoms with Crippen molar-refractivity contribution in [3.63, 3.8) is 0 Å². The van der Waals surface area contributed by atoms with Crippen LogP contribution in [0.15, 0.2) is 48.5 Å². The van der Waals surface area contributed by atoms with Gasteiger partial charge in [-0.05, 0) is 47.9 Å². The maximum absolute atomic E-state index is 6.33. The molecule has 0 spiro atoms. The van der Waals surface area contributed by atoms with Crippen LogP contribution >= 0.6 is 11.6 Å². The number of alkyl halides is 1. The lowest BCUT2D eigenvalue weighted by atomic mass is 9.91. The van der Waals surface area contributed by atoms with Crippen LogP contribution in [-0.2, 0) is 12.8 Å². The summed E-state index contributed by atoms with van der Waals surface area (Å²) in [6.45, 7) is 6.60. The third-order valence-corrected chi connectivity index (χ3v) is 5.60. The second-order valence-corrected chi connectivity index (χ2v) is 7.16. The summed E-state index contributed by atoms with van der Waals surface area (Å²) >= 11 is 6.33. The SMILES string of the molecule is CCc1cc(C(CCl)CCc2ccccc2)ccc1N1CCNCC1. The van der Waals surface area contributed by atoms with Gasteiger partial charge >= 0.3 is 0 Å². The Kier molecular flexibility index (Phi) is 6.77. The van der Waals surface area contributed by atoms with E-state index in [0.717, 1.165) is 45.4 Å². The number of rotatable bonds is 7. The van der Waals surface area contributed by atoms with Gasteiger partial charge in [0.1, 0.15) is 0 Å². The molecule has 1 fully saturated rings. The summed E-state index contributed by atoms with van der Waals surface area (Å²) < 4.78 is 0. The Balaban J connectivity index is 1.73. The van der Waals surface area contributed by atoms with Crippen molar-refractivity contribution in [2.75, 3.05) is 37.0 Å². The van der Waals surface area contributed by atoms with Gasteiger partial charge in [0.05, 0.1) is 0 Å². The van der Waals surface area contributed by atoms with Crippen molar-refractivity contribution >= 4 is 17.3 Å². The molecule has 2 nitrogen and oxygen atoms in total. The van der Waals surface area contributed by atoms with E-state index in [0.29, 0.717) is 11.8 Å². The normalized spacial score (nSPS) is 16.0. The van der Waals surface area contributed by atoms with Crippen LogP contribution in [0.5, 0.6) is 0 Å². The first-order valence-electron chi connectivity index (χ1n) is 9.50. The van der Waals surface area contributed by atoms with E-state index < -0.39 is 0 Å². The Labute approximate surface area is 157 Å². The molecule has 25 heavy (non-hydrogen) atoms. The predicted molar refractivity (Wildman–Crippen MR) is 109 cm³/mol. The largest absolute Gasteiger partial charge is 0.369 e. The Bertz CT molecular complexity index is 650. The number of nitrogens with zero attached hydrogens (tertiary/aromatic N) is 1. The minimum atomic E-state index is 0.421. The Morgan fingerprint density at radius 1 is 1.08 bits per heavy atom. The van der Waals surface area contributed by atoms with Crippen LogP contribution in [0.25, 0.3) is 0 Å². The molecule has 2 aromatic carbocycles. The first kappa shape index (κ1) is 18.3. The molecule has 1 heterocycles. The lowest BCUT2D eigenvalue weighted by molar-refractivity contribution is 0.587. The quantitative estimate of drug-likeness (QED) is 0.728. The lowest BCUT2D eigenvalue weighted by Crippen LogP contribution is -2.43. The molecule has 2 aromatic rings. The fourth-order valence-electron chi connectivity index (χ4n) is 3.68. The zero-order valence-electron chi connectivity index (χ0n) is 15.2. The van der Waals surface area contributed by atoms with Gasteiger partial charge in [-0.3, -0.25) is 0 Å². The predicted octanol–water partition coefficient (Wildman–Crippen LogP) is 4.61. The van der Waals surface area contributed by atoms with Gasteiger partial charge < -0.3 is 10.2 Å². The molecule has 3 rings (SSSR count). The molecule has 1 unspecified atom stereocenters. The summed E-state index contributed by atoms with van der Waals surface area (Å²) in [5.74, 6) is 1.10. The van der Waals surface area contributed by atoms with Gasteiger partial charge in [-0.2, -0.15) is 0 Å². The van der Waals surface area contributed by atoms with Crippen LogP contribution in [0.4, 0.5) is 5.69 Å². The van der Waals surface area contributed by atoms with Crippen LogP contribution in [0, 0.1) is 0 Å². The summed E-state index contributed by atoms with van der Waals surface area (Å²) in [6, 6.07) is 17.7. The van der Waals surface area contributed by atoms with E-state index in [1.807, 2.05) is 0 Å². The van der Waals surface area contributed by atoms with E-state index in [1.54, 1.807) is 0 Å². The zero-order chi connectivity index (χ0) is 17.5. The molecule has 0 saturated carbocycles. The molecule has 0 bridgehead atoms. The molecular weight excluding hydrogens is 328 g/mol. The van der Waals surface area contributed by atoms with Crippen molar-refractivity contribution in [2.24, 2.45) is 0 Å². The fourth-order valence-corrected chi connectivity index (χ4v) is 4.01. The topological polar surface area (TPSA) is 15.3 Å². The first-order valence-corrected chi connectivity index (χ1v) is 10.0. The third-order valence-electron chi connectivity index (χ3n) is 5.22. The van der Waals surface area contributed by atoms with Crippen molar-refractivity contribution in [2.45, 2.75) is 32.1 Å². The highest BCUT2D eigenvalue weighted by molar-refractivity contribution is 6.18. The molecule has 0 aromatic heterocycles. The van der Waals surface area contributed by atoms with E-state index >= 15 is 0 Å². The Morgan fingerprint density at radius 3 is 2.52 bits per heavy atom. The second kappa shape index (κ2) is 9.26. The van der Waals surface area contributed by atoms with Crippen LogP contribution in [0.1, 0.15) is 36.0 Å². The summed E-state index contributed by atoms with van der Waals surface area (Å²) in [4.78, 5) is 2.51. The molecule has 0 amide bonds. The first-order chi connectivity index (χ1) is 12.3. The van der Waals surface area contributed by atoms with Gasteiger partial charge in [0.25, 0.3) is 0 Å². The molecule has 1 aliphatic heterocycles. The number of aryl methyl sites for hydroxylation is 2. The van der Waals surface area contributed by atoms with Gasteiger partial charge in [-0.25, -0.2) is 0 Å². The number of nitrogens with one attached hydrogen (secondary N) is 1. The molecule has 0 aliphatic carbocycles. The average Bonchev–Trinajstić information content (AvgIpc) is 2.69. The van der Waals surface area contributed by atoms with Crippen molar-refractivity contribution < 1.29 is 0 Å². The third kappa shape index (κ3) is 4.77. The molecule has 0 radical (unpaired) electrons. The average molecular weight is 357 g/mol. The molecular formula is C22H29ClN2. The molecule has 1 saturated heterocycles. The van der Waals surface area contributed by atoms with Gasteiger partial charge in [0.2, 0.25) is 0 Å². The van der Waals surface area contributed by atoms with Crippen LogP contribution in [0.2, 0.25) is 0 Å². The van der Waals surface area contributed by atoms with E-state index in [2.05, 4.69) is 65.7 Å². The minimum Gasteiger partial charge on any atom is -0.369 e. The van der Waals surface area contributed by atoms with E-state index in [4.69, 9.17) is 11.6 Å². The highest BCUT2D eigenvalue weighted by atomic mass is 35.5. The van der Waals surface area contributed by atoms with Gasteiger partial charge in [-0.1, -0.05) is 49.4 Å². The standard InChI is InChI=1S/C22H29ClN2/c1-2-19-16-20(10-11-22(19)25-14-12-24-13-15-25)21(17-23)9-8-18-6-4-3-5-7-18/h3-7,10-11,16,21,24H,2,8-9,12-15,17H2,1H3. The fraction of sp³-hybridized carbons (Fsp3) is 0.455. The molecule has 1 atom stereocenters. The summed E-state index contributed by atoms with van der Waals surface area (Å²) in [5, 5.41) is 3.43. The van der Waals surface area contributed by atoms with Crippen molar-refractivity contribution in [3.8, 4) is 0 Å². The van der Waals surface area contributed by atoms with Crippen molar-refractivity contribution in [1.82, 2.24) is 5.32 Å². The monoisotopic (exact) mass is 356 g/mol. The van der Waals surface area contributed by atoms with E-state index in [9.17, 15) is 0 Å². The van der Waals surface area contributed by atoms with Gasteiger partial charge in [0, 0.05) is 37.7 Å². The summed E-state index contributed by atoms with van der Waals surface area (Å²) in [7, 11) is 0. The van der Waals surface area contributed by atoms with Crippen molar-refractivity contribution in [3.05, 3.63) is 65.2 Å². The highest BCUT2D eigenvalue weighted by Crippen LogP contribution is 2.29. The zero-order valence-corrected chi connectivity index (χ0v) is 15.9. The molecule has 1 aliphatic rings. The second-order valence-electron chi connectivity index (χ2n) is 6.85. The maximum atomic E-state index is 6.33. The molecule has 3 heteroatoms. The van der Waals surface area contributed by atoms with Crippen LogP contribution < -0.4 is 10.2 Å². The number of piperazine rings is 1. The minimum absolute atomic E-state index is 0.421.